The molecule has 2 nitrogen and oxygen atoms in total. The van der Waals surface area contributed by atoms with Gasteiger partial charge in [-0.3, -0.25) is 9.97 Å². The fraction of sp³-hybridized carbons (Fsp3) is 0.0769. The minimum Gasteiger partial charge on any atom is -0.264 e. The Morgan fingerprint density at radius 3 is 2.73 bits per heavy atom. The van der Waals surface area contributed by atoms with Crippen LogP contribution in [0.15, 0.2) is 42.9 Å². The Morgan fingerprint density at radius 1 is 0.933 bits per heavy atom. The second kappa shape index (κ2) is 3.02. The van der Waals surface area contributed by atoms with Crippen molar-refractivity contribution in [3.8, 4) is 0 Å². The standard InChI is InChI=1S/C13H10N2/c1-9-6-14-8-12-11-5-3-2-4-10(11)7-15-13(9)12/h2-8H,1H3. The van der Waals surface area contributed by atoms with Crippen LogP contribution in [0.1, 0.15) is 5.56 Å². The SMILES string of the molecule is Cc1cncc2c1ncc1ccccc12. The quantitative estimate of drug-likeness (QED) is 0.514. The molecule has 2 heterocycles. The summed E-state index contributed by atoms with van der Waals surface area (Å²) >= 11 is 0. The lowest BCUT2D eigenvalue weighted by molar-refractivity contribution is 1.28. The van der Waals surface area contributed by atoms with E-state index in [0.717, 1.165) is 21.9 Å². The second-order valence-electron chi connectivity index (χ2n) is 3.70. The van der Waals surface area contributed by atoms with E-state index in [1.54, 1.807) is 0 Å². The minimum atomic E-state index is 1.05. The summed E-state index contributed by atoms with van der Waals surface area (Å²) in [5, 5.41) is 3.52. The van der Waals surface area contributed by atoms with Gasteiger partial charge in [-0.2, -0.15) is 0 Å². The molecule has 3 aromatic rings. The molecule has 2 heteroatoms. The van der Waals surface area contributed by atoms with Gasteiger partial charge in [0.25, 0.3) is 0 Å². The zero-order valence-corrected chi connectivity index (χ0v) is 8.44. The maximum absolute atomic E-state index is 4.47. The summed E-state index contributed by atoms with van der Waals surface area (Å²) in [6.45, 7) is 2.04. The minimum absolute atomic E-state index is 1.05. The van der Waals surface area contributed by atoms with Crippen LogP contribution in [0, 0.1) is 6.92 Å². The number of pyridine rings is 2. The normalized spacial score (nSPS) is 11.0. The molecule has 1 aromatic carbocycles. The van der Waals surface area contributed by atoms with Crippen LogP contribution < -0.4 is 0 Å². The largest absolute Gasteiger partial charge is 0.264 e. The van der Waals surface area contributed by atoms with Crippen LogP contribution in [0.25, 0.3) is 21.7 Å². The number of nitrogens with zero attached hydrogens (tertiary/aromatic N) is 2. The highest BCUT2D eigenvalue weighted by atomic mass is 14.7. The molecule has 0 N–H and O–H groups in total. The molecule has 3 rings (SSSR count). The summed E-state index contributed by atoms with van der Waals surface area (Å²) in [4.78, 5) is 8.69. The van der Waals surface area contributed by atoms with E-state index < -0.39 is 0 Å². The fourth-order valence-electron chi connectivity index (χ4n) is 1.92. The summed E-state index contributed by atoms with van der Waals surface area (Å²) in [5.41, 5.74) is 2.17. The Hall–Kier alpha value is -1.96. The lowest BCUT2D eigenvalue weighted by Crippen LogP contribution is -1.86. The predicted molar refractivity (Wildman–Crippen MR) is 61.8 cm³/mol. The average molecular weight is 194 g/mol. The predicted octanol–water partition coefficient (Wildman–Crippen LogP) is 3.09. The summed E-state index contributed by atoms with van der Waals surface area (Å²) in [5.74, 6) is 0. The van der Waals surface area contributed by atoms with Gasteiger partial charge < -0.3 is 0 Å². The van der Waals surface area contributed by atoms with E-state index >= 15 is 0 Å². The Balaban J connectivity index is 2.60. The molecule has 0 saturated carbocycles. The lowest BCUT2D eigenvalue weighted by Gasteiger charge is -2.03. The number of benzene rings is 1. The number of fused-ring (bicyclic) bond motifs is 3. The van der Waals surface area contributed by atoms with Crippen LogP contribution in [0.4, 0.5) is 0 Å². The molecule has 72 valence electrons. The van der Waals surface area contributed by atoms with Crippen molar-refractivity contribution in [1.29, 1.82) is 0 Å². The molecule has 2 aromatic heterocycles. The molecule has 0 radical (unpaired) electrons. The van der Waals surface area contributed by atoms with Gasteiger partial charge in [0.1, 0.15) is 0 Å². The van der Waals surface area contributed by atoms with Crippen molar-refractivity contribution in [2.45, 2.75) is 6.92 Å². The second-order valence-corrected chi connectivity index (χ2v) is 3.70. The van der Waals surface area contributed by atoms with Crippen LogP contribution >= 0.6 is 0 Å². The summed E-state index contributed by atoms with van der Waals surface area (Å²) in [7, 11) is 0. The number of hydrogen-bond donors (Lipinski definition) is 0. The third kappa shape index (κ3) is 1.18. The van der Waals surface area contributed by atoms with Gasteiger partial charge >= 0.3 is 0 Å². The van der Waals surface area contributed by atoms with E-state index in [1.165, 1.54) is 5.39 Å². The van der Waals surface area contributed by atoms with Gasteiger partial charge in [0, 0.05) is 29.4 Å². The van der Waals surface area contributed by atoms with Gasteiger partial charge in [0.05, 0.1) is 5.52 Å². The molecule has 0 aliphatic carbocycles. The highest BCUT2D eigenvalue weighted by molar-refractivity contribution is 6.05. The lowest BCUT2D eigenvalue weighted by atomic mass is 10.1. The zero-order valence-electron chi connectivity index (χ0n) is 8.44. The number of rotatable bonds is 0. The molecule has 0 saturated heterocycles. The van der Waals surface area contributed by atoms with Gasteiger partial charge in [0.2, 0.25) is 0 Å². The first-order chi connectivity index (χ1) is 7.36. The highest BCUT2D eigenvalue weighted by Crippen LogP contribution is 2.23. The monoisotopic (exact) mass is 194 g/mol. The highest BCUT2D eigenvalue weighted by Gasteiger charge is 2.02. The smallest absolute Gasteiger partial charge is 0.0768 e. The summed E-state index contributed by atoms with van der Waals surface area (Å²) in [6.07, 6.45) is 5.66. The number of aryl methyl sites for hydroxylation is 1. The van der Waals surface area contributed by atoms with Crippen LogP contribution in [-0.4, -0.2) is 9.97 Å². The molecule has 0 unspecified atom stereocenters. The van der Waals surface area contributed by atoms with Crippen LogP contribution in [0.2, 0.25) is 0 Å². The maximum atomic E-state index is 4.47. The molecule has 0 amide bonds. The Morgan fingerprint density at radius 2 is 1.80 bits per heavy atom. The fourth-order valence-corrected chi connectivity index (χ4v) is 1.92. The first kappa shape index (κ1) is 8.36. The van der Waals surface area contributed by atoms with Gasteiger partial charge in [-0.1, -0.05) is 24.3 Å². The van der Waals surface area contributed by atoms with Crippen LogP contribution in [-0.2, 0) is 0 Å². The molecule has 0 aliphatic rings. The Bertz CT molecular complexity index is 644. The van der Waals surface area contributed by atoms with E-state index in [9.17, 15) is 0 Å². The van der Waals surface area contributed by atoms with E-state index in [2.05, 4.69) is 22.1 Å². The Kier molecular flexibility index (Phi) is 1.68. The third-order valence-electron chi connectivity index (χ3n) is 2.68. The van der Waals surface area contributed by atoms with E-state index in [-0.39, 0.29) is 0 Å². The molecule has 0 aliphatic heterocycles. The van der Waals surface area contributed by atoms with Crippen molar-refractivity contribution in [3.05, 3.63) is 48.4 Å². The molecule has 15 heavy (non-hydrogen) atoms. The average Bonchev–Trinajstić information content (AvgIpc) is 2.29. The van der Waals surface area contributed by atoms with Crippen molar-refractivity contribution in [3.63, 3.8) is 0 Å². The van der Waals surface area contributed by atoms with E-state index in [4.69, 9.17) is 0 Å². The number of aromatic nitrogens is 2. The molecule has 0 spiro atoms. The van der Waals surface area contributed by atoms with Crippen molar-refractivity contribution >= 4 is 21.7 Å². The molecule has 0 bridgehead atoms. The Labute approximate surface area is 87.6 Å². The van der Waals surface area contributed by atoms with Crippen LogP contribution in [0.5, 0.6) is 0 Å². The molecule has 0 fully saturated rings. The van der Waals surface area contributed by atoms with Crippen molar-refractivity contribution in [2.24, 2.45) is 0 Å². The zero-order chi connectivity index (χ0) is 10.3. The van der Waals surface area contributed by atoms with Gasteiger partial charge in [-0.05, 0) is 17.9 Å². The topological polar surface area (TPSA) is 25.8 Å². The van der Waals surface area contributed by atoms with E-state index in [0.29, 0.717) is 0 Å². The van der Waals surface area contributed by atoms with Crippen LogP contribution in [0.3, 0.4) is 0 Å². The van der Waals surface area contributed by atoms with Crippen molar-refractivity contribution in [1.82, 2.24) is 9.97 Å². The third-order valence-corrected chi connectivity index (χ3v) is 2.68. The van der Waals surface area contributed by atoms with Crippen molar-refractivity contribution < 1.29 is 0 Å². The van der Waals surface area contributed by atoms with Gasteiger partial charge in [-0.25, -0.2) is 0 Å². The first-order valence-corrected chi connectivity index (χ1v) is 4.94. The van der Waals surface area contributed by atoms with E-state index in [1.807, 2.05) is 37.6 Å². The number of hydrogen-bond acceptors (Lipinski definition) is 2. The molecule has 0 atom stereocenters. The summed E-state index contributed by atoms with van der Waals surface area (Å²) < 4.78 is 0. The van der Waals surface area contributed by atoms with Crippen molar-refractivity contribution in [2.75, 3.05) is 0 Å². The molecular weight excluding hydrogens is 184 g/mol. The van der Waals surface area contributed by atoms with Gasteiger partial charge in [-0.15, -0.1) is 0 Å². The maximum Gasteiger partial charge on any atom is 0.0768 e. The summed E-state index contributed by atoms with van der Waals surface area (Å²) in [6, 6.07) is 8.26. The molecular formula is C13H10N2. The van der Waals surface area contributed by atoms with Gasteiger partial charge in [0.15, 0.2) is 0 Å². The first-order valence-electron chi connectivity index (χ1n) is 4.94.